The van der Waals surface area contributed by atoms with E-state index in [1.165, 1.54) is 0 Å². The van der Waals surface area contributed by atoms with E-state index in [2.05, 4.69) is 30.6 Å². The van der Waals surface area contributed by atoms with E-state index in [1.54, 1.807) is 18.3 Å². The summed E-state index contributed by atoms with van der Waals surface area (Å²) in [5, 5.41) is 4.00. The van der Waals surface area contributed by atoms with Crippen molar-refractivity contribution in [2.45, 2.75) is 19.0 Å². The highest BCUT2D eigenvalue weighted by Gasteiger charge is 2.42. The van der Waals surface area contributed by atoms with Gasteiger partial charge in [0, 0.05) is 35.7 Å². The molecule has 4 heterocycles. The molecule has 4 aromatic rings. The van der Waals surface area contributed by atoms with Gasteiger partial charge in [0.05, 0.1) is 18.0 Å². The molecule has 1 aliphatic rings. The van der Waals surface area contributed by atoms with E-state index in [1.807, 2.05) is 72.7 Å². The number of thiocarbonyl (C=S) groups is 1. The molecule has 2 N–H and O–H groups in total. The highest BCUT2D eigenvalue weighted by atomic mass is 32.2. The SMILES string of the molecule is Cc1ccc(-n2cccc2[C@@H]2[C@@H](c3ccccn3)NC(=S)N2c2ccc(NS(C)(=O)=O)cc2)nc1. The average Bonchev–Trinajstić information content (AvgIpc) is 3.44. The van der Waals surface area contributed by atoms with E-state index < -0.39 is 10.0 Å². The Hall–Kier alpha value is -3.76. The van der Waals surface area contributed by atoms with Gasteiger partial charge in [0.1, 0.15) is 11.9 Å². The summed E-state index contributed by atoms with van der Waals surface area (Å²) in [7, 11) is -3.37. The first kappa shape index (κ1) is 23.0. The second-order valence-corrected chi connectivity index (χ2v) is 10.5. The minimum Gasteiger partial charge on any atom is -0.351 e. The number of rotatable bonds is 6. The monoisotopic (exact) mass is 504 g/mol. The molecular formula is C25H24N6O2S2. The molecule has 1 aliphatic heterocycles. The van der Waals surface area contributed by atoms with Gasteiger partial charge in [-0.1, -0.05) is 12.1 Å². The third kappa shape index (κ3) is 4.75. The van der Waals surface area contributed by atoms with Crippen LogP contribution in [0.3, 0.4) is 0 Å². The predicted molar refractivity (Wildman–Crippen MR) is 141 cm³/mol. The summed E-state index contributed by atoms with van der Waals surface area (Å²) in [6, 6.07) is 20.6. The van der Waals surface area contributed by atoms with Gasteiger partial charge in [0.25, 0.3) is 0 Å². The number of aromatic nitrogens is 3. The number of hydrogen-bond acceptors (Lipinski definition) is 5. The van der Waals surface area contributed by atoms with Crippen molar-refractivity contribution in [1.29, 1.82) is 0 Å². The zero-order valence-electron chi connectivity index (χ0n) is 19.2. The maximum Gasteiger partial charge on any atom is 0.229 e. The number of benzene rings is 1. The van der Waals surface area contributed by atoms with E-state index in [0.29, 0.717) is 10.8 Å². The Labute approximate surface area is 209 Å². The Kier molecular flexibility index (Phi) is 6.00. The molecule has 1 aromatic carbocycles. The van der Waals surface area contributed by atoms with Gasteiger partial charge in [-0.05, 0) is 79.3 Å². The van der Waals surface area contributed by atoms with Crippen LogP contribution in [0.5, 0.6) is 0 Å². The first-order valence-electron chi connectivity index (χ1n) is 11.0. The van der Waals surface area contributed by atoms with Gasteiger partial charge in [-0.15, -0.1) is 0 Å². The number of anilines is 2. The molecule has 0 aliphatic carbocycles. The molecule has 3 aromatic heterocycles. The Balaban J connectivity index is 1.60. The Morgan fingerprint density at radius 2 is 1.80 bits per heavy atom. The lowest BCUT2D eigenvalue weighted by molar-refractivity contribution is 0.548. The van der Waals surface area contributed by atoms with Crippen molar-refractivity contribution < 1.29 is 8.42 Å². The standard InChI is InChI=1S/C25H24N6O2S2/c1-17-8-13-22(27-16-17)30-15-5-7-21(30)24-23(20-6-3-4-14-26-20)28-25(34)31(24)19-11-9-18(10-12-19)29-35(2,32)33/h3-16,23-24,29H,1-2H3,(H,28,34)/t23-,24-/m1/s1. The van der Waals surface area contributed by atoms with Crippen LogP contribution in [0.2, 0.25) is 0 Å². The molecule has 1 saturated heterocycles. The first-order chi connectivity index (χ1) is 16.8. The van der Waals surface area contributed by atoms with Crippen LogP contribution in [0, 0.1) is 6.92 Å². The molecule has 178 valence electrons. The molecule has 8 nitrogen and oxygen atoms in total. The Morgan fingerprint density at radius 3 is 2.46 bits per heavy atom. The fourth-order valence-electron chi connectivity index (χ4n) is 4.28. The number of nitrogens with one attached hydrogen (secondary N) is 2. The van der Waals surface area contributed by atoms with Crippen molar-refractivity contribution in [3.05, 3.63) is 102 Å². The lowest BCUT2D eigenvalue weighted by Crippen LogP contribution is -2.30. The van der Waals surface area contributed by atoms with Crippen LogP contribution in [0.15, 0.2) is 85.3 Å². The van der Waals surface area contributed by atoms with Crippen molar-refractivity contribution >= 4 is 38.7 Å². The molecule has 0 spiro atoms. The highest BCUT2D eigenvalue weighted by Crippen LogP contribution is 2.42. The molecule has 5 rings (SSSR count). The fraction of sp³-hybridized carbons (Fsp3) is 0.160. The van der Waals surface area contributed by atoms with Gasteiger partial charge in [0.2, 0.25) is 10.0 Å². The summed E-state index contributed by atoms with van der Waals surface area (Å²) in [6.45, 7) is 2.01. The van der Waals surface area contributed by atoms with Gasteiger partial charge in [-0.3, -0.25) is 9.71 Å². The van der Waals surface area contributed by atoms with Crippen molar-refractivity contribution in [2.75, 3.05) is 15.9 Å². The van der Waals surface area contributed by atoms with Crippen LogP contribution in [0.4, 0.5) is 11.4 Å². The molecule has 0 unspecified atom stereocenters. The van der Waals surface area contributed by atoms with Crippen LogP contribution in [-0.2, 0) is 10.0 Å². The molecule has 0 amide bonds. The fourth-order valence-corrected chi connectivity index (χ4v) is 5.19. The first-order valence-corrected chi connectivity index (χ1v) is 13.3. The van der Waals surface area contributed by atoms with Gasteiger partial charge < -0.3 is 14.8 Å². The molecular weight excluding hydrogens is 480 g/mol. The van der Waals surface area contributed by atoms with E-state index in [4.69, 9.17) is 12.2 Å². The summed E-state index contributed by atoms with van der Waals surface area (Å²) < 4.78 is 27.8. The average molecular weight is 505 g/mol. The third-order valence-electron chi connectivity index (χ3n) is 5.77. The summed E-state index contributed by atoms with van der Waals surface area (Å²) >= 11 is 5.80. The van der Waals surface area contributed by atoms with Gasteiger partial charge in [-0.25, -0.2) is 13.4 Å². The number of sulfonamides is 1. The maximum atomic E-state index is 11.6. The number of pyridine rings is 2. The summed E-state index contributed by atoms with van der Waals surface area (Å²) in [6.07, 6.45) is 6.73. The molecule has 35 heavy (non-hydrogen) atoms. The minimum atomic E-state index is -3.37. The van der Waals surface area contributed by atoms with E-state index in [-0.39, 0.29) is 12.1 Å². The van der Waals surface area contributed by atoms with E-state index in [9.17, 15) is 8.42 Å². The van der Waals surface area contributed by atoms with Crippen LogP contribution in [0.25, 0.3) is 5.82 Å². The van der Waals surface area contributed by atoms with Gasteiger partial charge in [-0.2, -0.15) is 0 Å². The van der Waals surface area contributed by atoms with Crippen LogP contribution >= 0.6 is 12.2 Å². The number of hydrogen-bond donors (Lipinski definition) is 2. The third-order valence-corrected chi connectivity index (χ3v) is 6.69. The van der Waals surface area contributed by atoms with Crippen molar-refractivity contribution in [1.82, 2.24) is 19.9 Å². The summed E-state index contributed by atoms with van der Waals surface area (Å²) in [5.41, 5.74) is 4.25. The number of aryl methyl sites for hydroxylation is 1. The van der Waals surface area contributed by atoms with Crippen molar-refractivity contribution in [3.8, 4) is 5.82 Å². The smallest absolute Gasteiger partial charge is 0.229 e. The molecule has 0 saturated carbocycles. The normalized spacial score (nSPS) is 17.9. The van der Waals surface area contributed by atoms with Crippen LogP contribution in [0.1, 0.15) is 29.0 Å². The molecule has 0 radical (unpaired) electrons. The minimum absolute atomic E-state index is 0.211. The summed E-state index contributed by atoms with van der Waals surface area (Å²) in [4.78, 5) is 11.3. The van der Waals surface area contributed by atoms with Crippen LogP contribution < -0.4 is 14.9 Å². The Morgan fingerprint density at radius 1 is 1.00 bits per heavy atom. The molecule has 0 bridgehead atoms. The van der Waals surface area contributed by atoms with E-state index >= 15 is 0 Å². The Bertz CT molecular complexity index is 1450. The van der Waals surface area contributed by atoms with Crippen LogP contribution in [-0.4, -0.2) is 34.3 Å². The molecule has 2 atom stereocenters. The molecule has 10 heteroatoms. The topological polar surface area (TPSA) is 92.2 Å². The second-order valence-electron chi connectivity index (χ2n) is 8.41. The van der Waals surface area contributed by atoms with Crippen molar-refractivity contribution in [2.24, 2.45) is 0 Å². The van der Waals surface area contributed by atoms with Crippen molar-refractivity contribution in [3.63, 3.8) is 0 Å². The quantitative estimate of drug-likeness (QED) is 0.382. The zero-order valence-corrected chi connectivity index (χ0v) is 20.8. The lowest BCUT2D eigenvalue weighted by Gasteiger charge is -2.29. The second kappa shape index (κ2) is 9.12. The predicted octanol–water partition coefficient (Wildman–Crippen LogP) is 4.12. The maximum absolute atomic E-state index is 11.6. The largest absolute Gasteiger partial charge is 0.351 e. The van der Waals surface area contributed by atoms with Gasteiger partial charge in [0.15, 0.2) is 5.11 Å². The molecule has 1 fully saturated rings. The number of nitrogens with zero attached hydrogens (tertiary/aromatic N) is 4. The lowest BCUT2D eigenvalue weighted by atomic mass is 10.0. The highest BCUT2D eigenvalue weighted by molar-refractivity contribution is 7.92. The van der Waals surface area contributed by atoms with E-state index in [0.717, 1.165) is 34.7 Å². The van der Waals surface area contributed by atoms with Gasteiger partial charge >= 0.3 is 0 Å². The zero-order chi connectivity index (χ0) is 24.6. The summed E-state index contributed by atoms with van der Waals surface area (Å²) in [5.74, 6) is 0.806.